The van der Waals surface area contributed by atoms with Gasteiger partial charge in [0.1, 0.15) is 0 Å². The van der Waals surface area contributed by atoms with E-state index in [9.17, 15) is 4.79 Å². The molecular formula is C12H14N4O. The standard InChI is InChI=1S/C12H14N4O/c1-15(2)11-7-12(17)16(14-8-11)9-10-5-3-4-6-13-10/h3-8H,9H2,1-2H3. The molecular weight excluding hydrogens is 216 g/mol. The monoisotopic (exact) mass is 230 g/mol. The largest absolute Gasteiger partial charge is 0.376 e. The smallest absolute Gasteiger partial charge is 0.269 e. The second kappa shape index (κ2) is 4.78. The van der Waals surface area contributed by atoms with Crippen molar-refractivity contribution in [3.63, 3.8) is 0 Å². The van der Waals surface area contributed by atoms with Crippen molar-refractivity contribution in [1.82, 2.24) is 14.8 Å². The van der Waals surface area contributed by atoms with Crippen LogP contribution in [0.1, 0.15) is 5.69 Å². The lowest BCUT2D eigenvalue weighted by molar-refractivity contribution is 0.627. The normalized spacial score (nSPS) is 10.2. The first kappa shape index (κ1) is 11.3. The topological polar surface area (TPSA) is 51.0 Å². The molecule has 0 saturated carbocycles. The Labute approximate surface area is 99.3 Å². The van der Waals surface area contributed by atoms with Gasteiger partial charge in [-0.15, -0.1) is 0 Å². The molecule has 0 bridgehead atoms. The Morgan fingerprint density at radius 3 is 2.76 bits per heavy atom. The quantitative estimate of drug-likeness (QED) is 0.781. The predicted octanol–water partition coefficient (Wildman–Crippen LogP) is 0.753. The Morgan fingerprint density at radius 1 is 1.35 bits per heavy atom. The van der Waals surface area contributed by atoms with Crippen LogP contribution in [0.3, 0.4) is 0 Å². The van der Waals surface area contributed by atoms with Crippen molar-refractivity contribution in [2.24, 2.45) is 0 Å². The highest BCUT2D eigenvalue weighted by Gasteiger charge is 2.02. The van der Waals surface area contributed by atoms with E-state index in [-0.39, 0.29) is 5.56 Å². The first-order valence-corrected chi connectivity index (χ1v) is 5.31. The van der Waals surface area contributed by atoms with Crippen molar-refractivity contribution in [2.45, 2.75) is 6.54 Å². The third-order valence-electron chi connectivity index (χ3n) is 2.41. The molecule has 0 aliphatic heterocycles. The fourth-order valence-corrected chi connectivity index (χ4v) is 1.43. The molecule has 2 rings (SSSR count). The molecule has 0 atom stereocenters. The lowest BCUT2D eigenvalue weighted by Gasteiger charge is -2.12. The van der Waals surface area contributed by atoms with E-state index in [0.29, 0.717) is 6.54 Å². The van der Waals surface area contributed by atoms with Crippen LogP contribution >= 0.6 is 0 Å². The van der Waals surface area contributed by atoms with Gasteiger partial charge in [0.25, 0.3) is 5.56 Å². The predicted molar refractivity (Wildman–Crippen MR) is 66.2 cm³/mol. The summed E-state index contributed by atoms with van der Waals surface area (Å²) in [5.74, 6) is 0. The van der Waals surface area contributed by atoms with Gasteiger partial charge in [-0.1, -0.05) is 6.07 Å². The Morgan fingerprint density at radius 2 is 2.18 bits per heavy atom. The third-order valence-corrected chi connectivity index (χ3v) is 2.41. The molecule has 0 aliphatic rings. The SMILES string of the molecule is CN(C)c1cnn(Cc2ccccn2)c(=O)c1. The van der Waals surface area contributed by atoms with Gasteiger partial charge in [-0.3, -0.25) is 9.78 Å². The zero-order chi connectivity index (χ0) is 12.3. The molecule has 0 radical (unpaired) electrons. The van der Waals surface area contributed by atoms with Crippen molar-refractivity contribution in [2.75, 3.05) is 19.0 Å². The van der Waals surface area contributed by atoms with Crippen LogP contribution in [0, 0.1) is 0 Å². The molecule has 5 heteroatoms. The number of aromatic nitrogens is 3. The number of hydrogen-bond donors (Lipinski definition) is 0. The second-order valence-corrected chi connectivity index (χ2v) is 3.93. The van der Waals surface area contributed by atoms with Gasteiger partial charge < -0.3 is 4.90 Å². The van der Waals surface area contributed by atoms with Gasteiger partial charge in [-0.25, -0.2) is 4.68 Å². The second-order valence-electron chi connectivity index (χ2n) is 3.93. The highest BCUT2D eigenvalue weighted by molar-refractivity contribution is 5.40. The summed E-state index contributed by atoms with van der Waals surface area (Å²) in [7, 11) is 3.75. The van der Waals surface area contributed by atoms with Gasteiger partial charge in [0, 0.05) is 26.4 Å². The highest BCUT2D eigenvalue weighted by atomic mass is 16.1. The van der Waals surface area contributed by atoms with E-state index >= 15 is 0 Å². The summed E-state index contributed by atoms with van der Waals surface area (Å²) in [5.41, 5.74) is 1.49. The summed E-state index contributed by atoms with van der Waals surface area (Å²) >= 11 is 0. The molecule has 0 unspecified atom stereocenters. The molecule has 0 saturated heterocycles. The molecule has 0 aromatic carbocycles. The molecule has 2 aromatic rings. The summed E-state index contributed by atoms with van der Waals surface area (Å²) in [4.78, 5) is 17.8. The molecule has 0 aliphatic carbocycles. The van der Waals surface area contributed by atoms with Crippen LogP contribution in [0.25, 0.3) is 0 Å². The molecule has 2 aromatic heterocycles. The van der Waals surface area contributed by atoms with Crippen LogP contribution in [0.4, 0.5) is 5.69 Å². The lowest BCUT2D eigenvalue weighted by atomic mass is 10.3. The van der Waals surface area contributed by atoms with E-state index in [0.717, 1.165) is 11.4 Å². The van der Waals surface area contributed by atoms with Gasteiger partial charge in [-0.2, -0.15) is 5.10 Å². The average molecular weight is 230 g/mol. The number of rotatable bonds is 3. The first-order chi connectivity index (χ1) is 8.16. The summed E-state index contributed by atoms with van der Waals surface area (Å²) in [5, 5.41) is 4.12. The summed E-state index contributed by atoms with van der Waals surface area (Å²) in [6.07, 6.45) is 3.37. The maximum absolute atomic E-state index is 11.8. The van der Waals surface area contributed by atoms with E-state index in [2.05, 4.69) is 10.1 Å². The van der Waals surface area contributed by atoms with E-state index in [1.807, 2.05) is 37.2 Å². The molecule has 0 N–H and O–H groups in total. The molecule has 0 spiro atoms. The fraction of sp³-hybridized carbons (Fsp3) is 0.250. The van der Waals surface area contributed by atoms with Gasteiger partial charge in [0.15, 0.2) is 0 Å². The number of nitrogens with zero attached hydrogens (tertiary/aromatic N) is 4. The van der Waals surface area contributed by atoms with Crippen molar-refractivity contribution in [1.29, 1.82) is 0 Å². The van der Waals surface area contributed by atoms with Gasteiger partial charge in [0.2, 0.25) is 0 Å². The third kappa shape index (κ3) is 2.69. The molecule has 88 valence electrons. The Kier molecular flexibility index (Phi) is 3.18. The van der Waals surface area contributed by atoms with Crippen LogP contribution < -0.4 is 10.5 Å². The van der Waals surface area contributed by atoms with Crippen molar-refractivity contribution < 1.29 is 0 Å². The minimum Gasteiger partial charge on any atom is -0.376 e. The van der Waals surface area contributed by atoms with E-state index < -0.39 is 0 Å². The Balaban J connectivity index is 2.26. The summed E-state index contributed by atoms with van der Waals surface area (Å²) < 4.78 is 1.40. The Bertz CT molecular complexity index is 548. The molecule has 0 amide bonds. The van der Waals surface area contributed by atoms with Crippen molar-refractivity contribution in [3.05, 3.63) is 52.7 Å². The van der Waals surface area contributed by atoms with Crippen LogP contribution in [-0.4, -0.2) is 28.9 Å². The number of hydrogen-bond acceptors (Lipinski definition) is 4. The molecule has 2 heterocycles. The first-order valence-electron chi connectivity index (χ1n) is 5.31. The van der Waals surface area contributed by atoms with Crippen LogP contribution in [0.2, 0.25) is 0 Å². The minimum absolute atomic E-state index is 0.123. The molecule has 5 nitrogen and oxygen atoms in total. The number of pyridine rings is 1. The Hall–Kier alpha value is -2.17. The highest BCUT2D eigenvalue weighted by Crippen LogP contribution is 2.04. The van der Waals surface area contributed by atoms with Gasteiger partial charge in [0.05, 0.1) is 24.1 Å². The summed E-state index contributed by atoms with van der Waals surface area (Å²) in [6.45, 7) is 0.396. The maximum atomic E-state index is 11.8. The minimum atomic E-state index is -0.123. The number of anilines is 1. The van der Waals surface area contributed by atoms with Crippen LogP contribution in [0.15, 0.2) is 41.5 Å². The zero-order valence-corrected chi connectivity index (χ0v) is 9.87. The van der Waals surface area contributed by atoms with E-state index in [4.69, 9.17) is 0 Å². The molecule has 17 heavy (non-hydrogen) atoms. The van der Waals surface area contributed by atoms with Crippen LogP contribution in [0.5, 0.6) is 0 Å². The van der Waals surface area contributed by atoms with Gasteiger partial charge >= 0.3 is 0 Å². The van der Waals surface area contributed by atoms with Crippen molar-refractivity contribution >= 4 is 5.69 Å². The lowest BCUT2D eigenvalue weighted by Crippen LogP contribution is -2.24. The summed E-state index contributed by atoms with van der Waals surface area (Å²) in [6, 6.07) is 7.17. The maximum Gasteiger partial charge on any atom is 0.269 e. The van der Waals surface area contributed by atoms with Crippen molar-refractivity contribution in [3.8, 4) is 0 Å². The van der Waals surface area contributed by atoms with Gasteiger partial charge in [-0.05, 0) is 12.1 Å². The van der Waals surface area contributed by atoms with E-state index in [1.54, 1.807) is 18.5 Å². The fourth-order valence-electron chi connectivity index (χ4n) is 1.43. The average Bonchev–Trinajstić information content (AvgIpc) is 2.33. The van der Waals surface area contributed by atoms with Crippen LogP contribution in [-0.2, 0) is 6.54 Å². The van der Waals surface area contributed by atoms with E-state index in [1.165, 1.54) is 4.68 Å². The zero-order valence-electron chi connectivity index (χ0n) is 9.87. The molecule has 0 fully saturated rings.